The number of pyridine rings is 1. The van der Waals surface area contributed by atoms with Crippen LogP contribution in [-0.4, -0.2) is 23.5 Å². The molecule has 0 aliphatic heterocycles. The monoisotopic (exact) mass is 203 g/mol. The van der Waals surface area contributed by atoms with Crippen molar-refractivity contribution in [3.8, 4) is 11.5 Å². The molecule has 1 N–H and O–H groups in total. The van der Waals surface area contributed by atoms with Crippen LogP contribution in [0.3, 0.4) is 0 Å². The summed E-state index contributed by atoms with van der Waals surface area (Å²) in [5, 5.41) is 9.12. The van der Waals surface area contributed by atoms with Gasteiger partial charge in [0.1, 0.15) is 5.69 Å². The number of rotatable bonds is 3. The second-order valence-corrected chi connectivity index (χ2v) is 2.39. The van der Waals surface area contributed by atoms with Gasteiger partial charge >= 0.3 is 0 Å². The van der Waals surface area contributed by atoms with E-state index in [-0.39, 0.29) is 6.29 Å². The van der Waals surface area contributed by atoms with E-state index in [9.17, 15) is 13.6 Å². The topological polar surface area (TPSA) is 59.4 Å². The normalized spacial score (nSPS) is 10.3. The molecule has 0 aliphatic rings. The first-order valence-electron chi connectivity index (χ1n) is 3.61. The van der Waals surface area contributed by atoms with Crippen LogP contribution in [0.2, 0.25) is 0 Å². The number of carbonyl (C=O) groups is 1. The zero-order valence-corrected chi connectivity index (χ0v) is 7.20. The lowest BCUT2D eigenvalue weighted by Gasteiger charge is -2.10. The molecule has 0 saturated heterocycles. The third-order valence-corrected chi connectivity index (χ3v) is 1.61. The number of alkyl halides is 2. The molecule has 14 heavy (non-hydrogen) atoms. The summed E-state index contributed by atoms with van der Waals surface area (Å²) in [7, 11) is 1.12. The molecule has 1 aromatic heterocycles. The zero-order chi connectivity index (χ0) is 10.7. The molecule has 1 heterocycles. The fraction of sp³-hybridized carbons (Fsp3) is 0.250. The second-order valence-electron chi connectivity index (χ2n) is 2.39. The zero-order valence-electron chi connectivity index (χ0n) is 7.20. The summed E-state index contributed by atoms with van der Waals surface area (Å²) in [6, 6.07) is 0. The summed E-state index contributed by atoms with van der Waals surface area (Å²) >= 11 is 0. The SMILES string of the molecule is COc1c(O)cnc(C=O)c1C(F)F. The molecule has 0 unspecified atom stereocenters. The molecule has 0 fully saturated rings. The molecule has 0 spiro atoms. The fourth-order valence-electron chi connectivity index (χ4n) is 1.03. The minimum absolute atomic E-state index is 0.184. The van der Waals surface area contributed by atoms with Gasteiger partial charge in [-0.05, 0) is 0 Å². The number of hydrogen-bond donors (Lipinski definition) is 1. The molecular formula is C8H7F2NO3. The Morgan fingerprint density at radius 1 is 1.64 bits per heavy atom. The van der Waals surface area contributed by atoms with Gasteiger partial charge in [0.05, 0.1) is 18.9 Å². The van der Waals surface area contributed by atoms with Gasteiger partial charge in [0.15, 0.2) is 17.8 Å². The van der Waals surface area contributed by atoms with Crippen molar-refractivity contribution >= 4 is 6.29 Å². The van der Waals surface area contributed by atoms with E-state index in [4.69, 9.17) is 5.11 Å². The van der Waals surface area contributed by atoms with Crippen molar-refractivity contribution < 1.29 is 23.4 Å². The number of methoxy groups -OCH3 is 1. The molecule has 0 saturated carbocycles. The third-order valence-electron chi connectivity index (χ3n) is 1.61. The van der Waals surface area contributed by atoms with Crippen molar-refractivity contribution in [2.24, 2.45) is 0 Å². The quantitative estimate of drug-likeness (QED) is 0.757. The van der Waals surface area contributed by atoms with E-state index in [1.54, 1.807) is 0 Å². The summed E-state index contributed by atoms with van der Waals surface area (Å²) in [6.45, 7) is 0. The van der Waals surface area contributed by atoms with Crippen LogP contribution in [-0.2, 0) is 0 Å². The van der Waals surface area contributed by atoms with E-state index in [2.05, 4.69) is 9.72 Å². The molecule has 0 aromatic carbocycles. The van der Waals surface area contributed by atoms with Crippen molar-refractivity contribution in [3.63, 3.8) is 0 Å². The predicted molar refractivity (Wildman–Crippen MR) is 42.8 cm³/mol. The largest absolute Gasteiger partial charge is 0.503 e. The van der Waals surface area contributed by atoms with E-state index in [1.807, 2.05) is 0 Å². The highest BCUT2D eigenvalue weighted by molar-refractivity contribution is 5.76. The van der Waals surface area contributed by atoms with Gasteiger partial charge in [0.25, 0.3) is 6.43 Å². The Labute approximate surface area is 78.1 Å². The Morgan fingerprint density at radius 2 is 2.29 bits per heavy atom. The van der Waals surface area contributed by atoms with Gasteiger partial charge in [-0.15, -0.1) is 0 Å². The van der Waals surface area contributed by atoms with Gasteiger partial charge in [-0.3, -0.25) is 4.79 Å². The number of halogens is 2. The van der Waals surface area contributed by atoms with Crippen molar-refractivity contribution in [2.45, 2.75) is 6.43 Å². The molecule has 0 bridgehead atoms. The molecule has 6 heteroatoms. The number of aromatic nitrogens is 1. The average Bonchev–Trinajstić information content (AvgIpc) is 2.17. The first-order chi connectivity index (χ1) is 6.61. The molecule has 0 aliphatic carbocycles. The molecule has 0 radical (unpaired) electrons. The second kappa shape index (κ2) is 3.99. The predicted octanol–water partition coefficient (Wildman–Crippen LogP) is 1.55. The molecular weight excluding hydrogens is 196 g/mol. The maximum Gasteiger partial charge on any atom is 0.269 e. The van der Waals surface area contributed by atoms with Crippen molar-refractivity contribution in [3.05, 3.63) is 17.5 Å². The summed E-state index contributed by atoms with van der Waals surface area (Å²) in [4.78, 5) is 13.7. The van der Waals surface area contributed by atoms with Gasteiger partial charge < -0.3 is 9.84 Å². The van der Waals surface area contributed by atoms with E-state index >= 15 is 0 Å². The molecule has 4 nitrogen and oxygen atoms in total. The third kappa shape index (κ3) is 1.63. The number of aromatic hydroxyl groups is 1. The Hall–Kier alpha value is -1.72. The molecule has 0 atom stereocenters. The highest BCUT2D eigenvalue weighted by atomic mass is 19.3. The van der Waals surface area contributed by atoms with Crippen LogP contribution in [0.5, 0.6) is 11.5 Å². The number of hydrogen-bond acceptors (Lipinski definition) is 4. The first kappa shape index (κ1) is 10.4. The molecule has 1 aromatic rings. The van der Waals surface area contributed by atoms with Crippen LogP contribution in [0.4, 0.5) is 8.78 Å². The number of nitrogens with zero attached hydrogens (tertiary/aromatic N) is 1. The van der Waals surface area contributed by atoms with Crippen LogP contribution in [0.25, 0.3) is 0 Å². The number of aldehydes is 1. The highest BCUT2D eigenvalue weighted by Gasteiger charge is 2.22. The average molecular weight is 203 g/mol. The van der Waals surface area contributed by atoms with E-state index in [1.165, 1.54) is 0 Å². The molecule has 0 amide bonds. The van der Waals surface area contributed by atoms with Gasteiger partial charge in [0, 0.05) is 0 Å². The van der Waals surface area contributed by atoms with Crippen molar-refractivity contribution in [1.82, 2.24) is 4.98 Å². The Kier molecular flexibility index (Phi) is 2.95. The van der Waals surface area contributed by atoms with Gasteiger partial charge in [-0.25, -0.2) is 13.8 Å². The fourth-order valence-corrected chi connectivity index (χ4v) is 1.03. The van der Waals surface area contributed by atoms with Crippen molar-refractivity contribution in [2.75, 3.05) is 7.11 Å². The van der Waals surface area contributed by atoms with Crippen LogP contribution in [0.1, 0.15) is 22.5 Å². The van der Waals surface area contributed by atoms with E-state index in [0.29, 0.717) is 0 Å². The summed E-state index contributed by atoms with van der Waals surface area (Å²) in [6.07, 6.45) is -1.86. The van der Waals surface area contributed by atoms with Crippen LogP contribution in [0.15, 0.2) is 6.20 Å². The lowest BCUT2D eigenvalue weighted by Crippen LogP contribution is -2.01. The summed E-state index contributed by atoms with van der Waals surface area (Å²) in [5.74, 6) is -0.939. The summed E-state index contributed by atoms with van der Waals surface area (Å²) in [5.41, 5.74) is -1.13. The summed E-state index contributed by atoms with van der Waals surface area (Å²) < 4.78 is 29.5. The maximum absolute atomic E-state index is 12.5. The lowest BCUT2D eigenvalue weighted by molar-refractivity contribution is 0.109. The van der Waals surface area contributed by atoms with E-state index < -0.39 is 29.2 Å². The number of ether oxygens (including phenoxy) is 1. The van der Waals surface area contributed by atoms with E-state index in [0.717, 1.165) is 13.3 Å². The standard InChI is InChI=1S/C8H7F2NO3/c1-14-7-5(13)2-11-4(3-12)6(7)8(9)10/h2-3,8,13H,1H3. The van der Waals surface area contributed by atoms with Crippen LogP contribution in [0, 0.1) is 0 Å². The highest BCUT2D eigenvalue weighted by Crippen LogP contribution is 2.36. The Bertz CT molecular complexity index is 355. The van der Waals surface area contributed by atoms with Gasteiger partial charge in [0.2, 0.25) is 0 Å². The smallest absolute Gasteiger partial charge is 0.269 e. The van der Waals surface area contributed by atoms with Crippen molar-refractivity contribution in [1.29, 1.82) is 0 Å². The van der Waals surface area contributed by atoms with Gasteiger partial charge in [-0.2, -0.15) is 0 Å². The number of carbonyl (C=O) groups excluding carboxylic acids is 1. The molecule has 76 valence electrons. The first-order valence-corrected chi connectivity index (χ1v) is 3.61. The van der Waals surface area contributed by atoms with Crippen LogP contribution < -0.4 is 4.74 Å². The minimum atomic E-state index is -2.93. The maximum atomic E-state index is 12.5. The minimum Gasteiger partial charge on any atom is -0.503 e. The van der Waals surface area contributed by atoms with Gasteiger partial charge in [-0.1, -0.05) is 0 Å². The Balaban J connectivity index is 3.43. The lowest BCUT2D eigenvalue weighted by atomic mass is 10.2. The van der Waals surface area contributed by atoms with Crippen LogP contribution >= 0.6 is 0 Å². The molecule has 1 rings (SSSR count). The Morgan fingerprint density at radius 3 is 2.71 bits per heavy atom.